The van der Waals surface area contributed by atoms with Crippen molar-refractivity contribution in [1.29, 1.82) is 0 Å². The van der Waals surface area contributed by atoms with Crippen LogP contribution in [0.25, 0.3) is 0 Å². The van der Waals surface area contributed by atoms with Gasteiger partial charge in [-0.25, -0.2) is 4.79 Å². The standard InChI is InChI=1S/C10H15IN2O5/c1-4-5(11)2-13(10(17)12-4)9-8(16)7(15)6(3-14)18-9/h2,4,6-9,14-16H,3H2,1H3,(H,12,17). The second kappa shape index (κ2) is 5.29. The van der Waals surface area contributed by atoms with Gasteiger partial charge in [0.25, 0.3) is 0 Å². The number of carbonyl (C=O) groups excluding carboxylic acids is 1. The number of nitrogens with zero attached hydrogens (tertiary/aromatic N) is 1. The van der Waals surface area contributed by atoms with Crippen LogP contribution in [0.2, 0.25) is 0 Å². The molecule has 0 saturated carbocycles. The number of amides is 2. The summed E-state index contributed by atoms with van der Waals surface area (Å²) in [5, 5.41) is 31.2. The SMILES string of the molecule is CC1NC(=O)N(C2OC(CO)C(O)C2O)C=C1I. The third kappa shape index (κ3) is 2.35. The van der Waals surface area contributed by atoms with Crippen LogP contribution in [0.3, 0.4) is 0 Å². The van der Waals surface area contributed by atoms with Gasteiger partial charge >= 0.3 is 6.03 Å². The van der Waals surface area contributed by atoms with Gasteiger partial charge < -0.3 is 25.4 Å². The Morgan fingerprint density at radius 1 is 1.50 bits per heavy atom. The number of hydrogen-bond acceptors (Lipinski definition) is 5. The maximum atomic E-state index is 11.8. The van der Waals surface area contributed by atoms with Gasteiger partial charge in [-0.2, -0.15) is 0 Å². The largest absolute Gasteiger partial charge is 0.394 e. The molecule has 1 saturated heterocycles. The van der Waals surface area contributed by atoms with Gasteiger partial charge in [0.2, 0.25) is 0 Å². The lowest BCUT2D eigenvalue weighted by atomic mass is 10.1. The van der Waals surface area contributed by atoms with E-state index in [-0.39, 0.29) is 6.04 Å². The van der Waals surface area contributed by atoms with Crippen molar-refractivity contribution in [3.05, 3.63) is 9.78 Å². The Labute approximate surface area is 118 Å². The predicted molar refractivity (Wildman–Crippen MR) is 69.7 cm³/mol. The van der Waals surface area contributed by atoms with E-state index in [1.54, 1.807) is 6.20 Å². The molecule has 2 aliphatic heterocycles. The van der Waals surface area contributed by atoms with Crippen LogP contribution in [0.15, 0.2) is 9.78 Å². The van der Waals surface area contributed by atoms with Crippen LogP contribution < -0.4 is 5.32 Å². The molecule has 0 bridgehead atoms. The maximum Gasteiger partial charge on any atom is 0.324 e. The predicted octanol–water partition coefficient (Wildman–Crippen LogP) is -0.884. The summed E-state index contributed by atoms with van der Waals surface area (Å²) in [4.78, 5) is 13.0. The smallest absolute Gasteiger partial charge is 0.324 e. The average molecular weight is 370 g/mol. The molecular weight excluding hydrogens is 355 g/mol. The first-order valence-electron chi connectivity index (χ1n) is 5.54. The maximum absolute atomic E-state index is 11.8. The van der Waals surface area contributed by atoms with E-state index in [0.717, 1.165) is 3.58 Å². The van der Waals surface area contributed by atoms with Crippen LogP contribution >= 0.6 is 22.6 Å². The zero-order valence-electron chi connectivity index (χ0n) is 9.65. The summed E-state index contributed by atoms with van der Waals surface area (Å²) < 4.78 is 6.18. The summed E-state index contributed by atoms with van der Waals surface area (Å²) in [7, 11) is 0. The monoisotopic (exact) mass is 370 g/mol. The van der Waals surface area contributed by atoms with E-state index in [2.05, 4.69) is 27.9 Å². The molecule has 0 radical (unpaired) electrons. The fraction of sp³-hybridized carbons (Fsp3) is 0.700. The van der Waals surface area contributed by atoms with E-state index < -0.39 is 37.2 Å². The molecule has 0 spiro atoms. The first-order valence-corrected chi connectivity index (χ1v) is 6.62. The Hall–Kier alpha value is -0.420. The van der Waals surface area contributed by atoms with E-state index in [4.69, 9.17) is 9.84 Å². The Kier molecular flexibility index (Phi) is 4.11. The molecule has 0 aromatic carbocycles. The highest BCUT2D eigenvalue weighted by atomic mass is 127. The summed E-state index contributed by atoms with van der Waals surface area (Å²) >= 11 is 2.08. The van der Waals surface area contributed by atoms with Crippen LogP contribution in [0.4, 0.5) is 4.79 Å². The van der Waals surface area contributed by atoms with Crippen LogP contribution in [0, 0.1) is 0 Å². The quantitative estimate of drug-likeness (QED) is 0.473. The van der Waals surface area contributed by atoms with E-state index in [0.29, 0.717) is 0 Å². The average Bonchev–Trinajstić information content (AvgIpc) is 2.61. The summed E-state index contributed by atoms with van der Waals surface area (Å²) in [6, 6.07) is -0.496. The molecule has 102 valence electrons. The van der Waals surface area contributed by atoms with Crippen molar-refractivity contribution in [3.63, 3.8) is 0 Å². The lowest BCUT2D eigenvalue weighted by molar-refractivity contribution is -0.0661. The normalized spacial score (nSPS) is 40.7. The lowest BCUT2D eigenvalue weighted by Gasteiger charge is -2.33. The minimum atomic E-state index is -1.25. The van der Waals surface area contributed by atoms with Gasteiger partial charge in [0.15, 0.2) is 6.23 Å². The zero-order valence-corrected chi connectivity index (χ0v) is 11.8. The fourth-order valence-corrected chi connectivity index (χ4v) is 2.39. The molecule has 4 N–H and O–H groups in total. The van der Waals surface area contributed by atoms with Gasteiger partial charge in [0, 0.05) is 9.78 Å². The van der Waals surface area contributed by atoms with E-state index >= 15 is 0 Å². The van der Waals surface area contributed by atoms with Crippen molar-refractivity contribution in [2.24, 2.45) is 0 Å². The van der Waals surface area contributed by atoms with Gasteiger partial charge in [-0.1, -0.05) is 0 Å². The molecule has 8 heteroatoms. The van der Waals surface area contributed by atoms with Gasteiger partial charge in [0.1, 0.15) is 18.3 Å². The molecule has 0 aromatic rings. The molecule has 18 heavy (non-hydrogen) atoms. The van der Waals surface area contributed by atoms with Gasteiger partial charge in [-0.3, -0.25) is 4.90 Å². The summed E-state index contributed by atoms with van der Waals surface area (Å²) in [6.07, 6.45) is -2.76. The van der Waals surface area contributed by atoms with E-state index in [9.17, 15) is 15.0 Å². The molecule has 2 aliphatic rings. The van der Waals surface area contributed by atoms with Crippen molar-refractivity contribution < 1.29 is 24.9 Å². The molecular formula is C10H15IN2O5. The molecule has 5 unspecified atom stereocenters. The number of aliphatic hydroxyl groups excluding tert-OH is 3. The Balaban J connectivity index is 2.19. The topological polar surface area (TPSA) is 102 Å². The second-order valence-electron chi connectivity index (χ2n) is 4.32. The van der Waals surface area contributed by atoms with E-state index in [1.165, 1.54) is 4.90 Å². The highest BCUT2D eigenvalue weighted by Gasteiger charge is 2.47. The molecule has 5 atom stereocenters. The first-order chi connectivity index (χ1) is 8.45. The third-order valence-electron chi connectivity index (χ3n) is 3.04. The Bertz CT molecular complexity index is 377. The van der Waals surface area contributed by atoms with E-state index in [1.807, 2.05) is 6.92 Å². The molecule has 7 nitrogen and oxygen atoms in total. The minimum absolute atomic E-state index is 0.0912. The second-order valence-corrected chi connectivity index (χ2v) is 5.57. The summed E-state index contributed by atoms with van der Waals surface area (Å²) in [5.41, 5.74) is 0. The molecule has 2 rings (SSSR count). The number of urea groups is 1. The third-order valence-corrected chi connectivity index (χ3v) is 4.25. The number of carbonyl (C=O) groups is 1. The lowest BCUT2D eigenvalue weighted by Crippen LogP contribution is -2.53. The van der Waals surface area contributed by atoms with Crippen LogP contribution in [-0.4, -0.2) is 63.4 Å². The van der Waals surface area contributed by atoms with Crippen LogP contribution in [0.1, 0.15) is 6.92 Å². The first kappa shape index (κ1) is 14.0. The number of hydrogen-bond donors (Lipinski definition) is 4. The highest BCUT2D eigenvalue weighted by molar-refractivity contribution is 14.1. The van der Waals surface area contributed by atoms with Gasteiger partial charge in [-0.15, -0.1) is 0 Å². The van der Waals surface area contributed by atoms with Crippen molar-refractivity contribution in [2.75, 3.05) is 6.61 Å². The van der Waals surface area contributed by atoms with Crippen molar-refractivity contribution in [2.45, 2.75) is 37.5 Å². The number of ether oxygens (including phenoxy) is 1. The number of nitrogens with one attached hydrogen (secondary N) is 1. The number of aliphatic hydroxyl groups is 3. The molecule has 2 amide bonds. The Morgan fingerprint density at radius 2 is 2.17 bits per heavy atom. The molecule has 0 aliphatic carbocycles. The number of rotatable bonds is 2. The molecule has 2 heterocycles. The highest BCUT2D eigenvalue weighted by Crippen LogP contribution is 2.28. The molecule has 0 aromatic heterocycles. The minimum Gasteiger partial charge on any atom is -0.394 e. The van der Waals surface area contributed by atoms with Gasteiger partial charge in [-0.05, 0) is 29.5 Å². The number of halogens is 1. The zero-order chi connectivity index (χ0) is 13.4. The molecule has 1 fully saturated rings. The fourth-order valence-electron chi connectivity index (χ4n) is 1.93. The van der Waals surface area contributed by atoms with Crippen molar-refractivity contribution in [3.8, 4) is 0 Å². The van der Waals surface area contributed by atoms with Crippen LogP contribution in [0.5, 0.6) is 0 Å². The van der Waals surface area contributed by atoms with Crippen molar-refractivity contribution in [1.82, 2.24) is 10.2 Å². The van der Waals surface area contributed by atoms with Gasteiger partial charge in [0.05, 0.1) is 12.6 Å². The summed E-state index contributed by atoms with van der Waals surface area (Å²) in [5.74, 6) is 0. The van der Waals surface area contributed by atoms with Crippen molar-refractivity contribution >= 4 is 28.6 Å². The Morgan fingerprint density at radius 3 is 2.72 bits per heavy atom. The summed E-state index contributed by atoms with van der Waals surface area (Å²) in [6.45, 7) is 1.42. The van der Waals surface area contributed by atoms with Crippen LogP contribution in [-0.2, 0) is 4.74 Å².